The maximum absolute atomic E-state index is 12.8. The lowest BCUT2D eigenvalue weighted by molar-refractivity contribution is 0.0527. The van der Waals surface area contributed by atoms with Crippen molar-refractivity contribution in [2.75, 3.05) is 48.4 Å². The van der Waals surface area contributed by atoms with Crippen LogP contribution in [0.25, 0.3) is 11.0 Å². The summed E-state index contributed by atoms with van der Waals surface area (Å²) < 4.78 is 15.9. The molecule has 9 nitrogen and oxygen atoms in total. The van der Waals surface area contributed by atoms with Crippen LogP contribution >= 0.6 is 23.6 Å². The van der Waals surface area contributed by atoms with Crippen molar-refractivity contribution in [2.45, 2.75) is 39.0 Å². The van der Waals surface area contributed by atoms with Crippen LogP contribution in [0.3, 0.4) is 0 Å². The molecule has 1 saturated heterocycles. The zero-order valence-corrected chi connectivity index (χ0v) is 20.6. The monoisotopic (exact) mass is 501 g/mol. The lowest BCUT2D eigenvalue weighted by atomic mass is 10.1. The van der Waals surface area contributed by atoms with Crippen molar-refractivity contribution < 1.29 is 18.9 Å². The number of ether oxygens (including phenoxy) is 2. The van der Waals surface area contributed by atoms with Crippen molar-refractivity contribution in [3.63, 3.8) is 0 Å². The van der Waals surface area contributed by atoms with Crippen LogP contribution in [-0.4, -0.2) is 54.3 Å². The molecule has 1 fully saturated rings. The van der Waals surface area contributed by atoms with Crippen molar-refractivity contribution in [3.05, 3.63) is 28.1 Å². The van der Waals surface area contributed by atoms with Crippen molar-refractivity contribution in [1.82, 2.24) is 10.3 Å². The number of anilines is 3. The minimum Gasteiger partial charge on any atom is -0.462 e. The number of aryl methyl sites for hydroxylation is 1. The summed E-state index contributed by atoms with van der Waals surface area (Å²) in [4.78, 5) is 16.3. The zero-order chi connectivity index (χ0) is 23.5. The van der Waals surface area contributed by atoms with Gasteiger partial charge >= 0.3 is 5.97 Å². The van der Waals surface area contributed by atoms with Crippen LogP contribution in [0.4, 0.5) is 16.4 Å². The summed E-state index contributed by atoms with van der Waals surface area (Å²) in [5, 5.41) is 15.8. The largest absolute Gasteiger partial charge is 0.462 e. The number of nitrogens with zero attached hydrogens (tertiary/aromatic N) is 3. The van der Waals surface area contributed by atoms with Crippen molar-refractivity contribution >= 4 is 62.0 Å². The molecule has 1 aliphatic heterocycles. The number of rotatable bonds is 5. The van der Waals surface area contributed by atoms with Gasteiger partial charge in [0.2, 0.25) is 0 Å². The van der Waals surface area contributed by atoms with Gasteiger partial charge in [0.1, 0.15) is 5.00 Å². The number of nitrogens with one attached hydrogen (secondary N) is 2. The Bertz CT molecular complexity index is 1200. The Morgan fingerprint density at radius 2 is 1.94 bits per heavy atom. The standard InChI is InChI=1S/C23H27N5O4S2/c1-2-31-22(29)18-14-6-4-3-5-7-17(14)34-21(18)25-23(33)24-15-8-9-16(20-19(15)26-32-27-20)28-10-12-30-13-11-28/h8-9H,2-7,10-13H2,1H3,(H2,24,25,33). The number of benzene rings is 1. The molecule has 1 aromatic carbocycles. The van der Waals surface area contributed by atoms with Gasteiger partial charge < -0.3 is 25.0 Å². The van der Waals surface area contributed by atoms with E-state index in [2.05, 4.69) is 25.8 Å². The highest BCUT2D eigenvalue weighted by atomic mass is 32.1. The van der Waals surface area contributed by atoms with Gasteiger partial charge in [-0.15, -0.1) is 11.3 Å². The first kappa shape index (κ1) is 23.0. The Balaban J connectivity index is 1.39. The molecule has 0 unspecified atom stereocenters. The van der Waals surface area contributed by atoms with Gasteiger partial charge in [-0.3, -0.25) is 0 Å². The summed E-state index contributed by atoms with van der Waals surface area (Å²) >= 11 is 7.21. The molecule has 3 heterocycles. The molecule has 0 amide bonds. The molecule has 11 heteroatoms. The Labute approximate surface area is 206 Å². The van der Waals surface area contributed by atoms with E-state index >= 15 is 0 Å². The number of thiophene rings is 1. The van der Waals surface area contributed by atoms with E-state index in [0.29, 0.717) is 47.2 Å². The molecule has 34 heavy (non-hydrogen) atoms. The van der Waals surface area contributed by atoms with Crippen molar-refractivity contribution in [2.24, 2.45) is 0 Å². The maximum Gasteiger partial charge on any atom is 0.341 e. The highest BCUT2D eigenvalue weighted by Crippen LogP contribution is 2.38. The number of aromatic nitrogens is 2. The fourth-order valence-electron chi connectivity index (χ4n) is 4.52. The molecular formula is C23H27N5O4S2. The van der Waals surface area contributed by atoms with Gasteiger partial charge in [-0.05, 0) is 72.8 Å². The molecule has 0 bridgehead atoms. The number of thiocarbonyl (C=S) groups is 1. The molecule has 3 aromatic rings. The average Bonchev–Trinajstić information content (AvgIpc) is 3.39. The summed E-state index contributed by atoms with van der Waals surface area (Å²) in [6, 6.07) is 3.90. The molecule has 0 atom stereocenters. The van der Waals surface area contributed by atoms with Crippen LogP contribution in [0.5, 0.6) is 0 Å². The molecule has 0 spiro atoms. The number of morpholine rings is 1. The third-order valence-corrected chi connectivity index (χ3v) is 7.53. The molecule has 180 valence electrons. The van der Waals surface area contributed by atoms with Gasteiger partial charge in [0.05, 0.1) is 36.8 Å². The van der Waals surface area contributed by atoms with E-state index in [1.54, 1.807) is 11.3 Å². The summed E-state index contributed by atoms with van der Waals surface area (Å²) in [6.07, 6.45) is 5.24. The fraction of sp³-hybridized carbons (Fsp3) is 0.478. The van der Waals surface area contributed by atoms with E-state index in [4.69, 9.17) is 26.3 Å². The van der Waals surface area contributed by atoms with Gasteiger partial charge in [-0.2, -0.15) is 0 Å². The summed E-state index contributed by atoms with van der Waals surface area (Å²) in [6.45, 7) is 5.07. The number of esters is 1. The second-order valence-electron chi connectivity index (χ2n) is 8.26. The minimum atomic E-state index is -0.301. The van der Waals surface area contributed by atoms with E-state index in [1.807, 2.05) is 19.1 Å². The minimum absolute atomic E-state index is 0.301. The van der Waals surface area contributed by atoms with Gasteiger partial charge in [0.25, 0.3) is 0 Å². The molecule has 5 rings (SSSR count). The van der Waals surface area contributed by atoms with E-state index < -0.39 is 0 Å². The van der Waals surface area contributed by atoms with Crippen molar-refractivity contribution in [3.8, 4) is 0 Å². The van der Waals surface area contributed by atoms with Gasteiger partial charge in [-0.25, -0.2) is 9.42 Å². The molecular weight excluding hydrogens is 474 g/mol. The number of hydrogen-bond acceptors (Lipinski definition) is 9. The highest BCUT2D eigenvalue weighted by molar-refractivity contribution is 7.80. The van der Waals surface area contributed by atoms with Gasteiger partial charge in [0, 0.05) is 18.0 Å². The lowest BCUT2D eigenvalue weighted by Crippen LogP contribution is -2.36. The topological polar surface area (TPSA) is 102 Å². The second-order valence-corrected chi connectivity index (χ2v) is 9.77. The van der Waals surface area contributed by atoms with Crippen LogP contribution < -0.4 is 15.5 Å². The van der Waals surface area contributed by atoms with Crippen LogP contribution in [0.15, 0.2) is 16.8 Å². The molecule has 0 saturated carbocycles. The summed E-state index contributed by atoms with van der Waals surface area (Å²) in [7, 11) is 0. The van der Waals surface area contributed by atoms with Crippen LogP contribution in [-0.2, 0) is 22.3 Å². The van der Waals surface area contributed by atoms with E-state index in [9.17, 15) is 4.79 Å². The third kappa shape index (κ3) is 4.59. The smallest absolute Gasteiger partial charge is 0.341 e. The third-order valence-electron chi connectivity index (χ3n) is 6.12. The first-order valence-electron chi connectivity index (χ1n) is 11.6. The number of hydrogen-bond donors (Lipinski definition) is 2. The normalized spacial score (nSPS) is 16.1. The Kier molecular flexibility index (Phi) is 6.93. The van der Waals surface area contributed by atoms with E-state index in [-0.39, 0.29) is 5.97 Å². The fourth-order valence-corrected chi connectivity index (χ4v) is 6.08. The Morgan fingerprint density at radius 3 is 2.76 bits per heavy atom. The number of fused-ring (bicyclic) bond motifs is 2. The van der Waals surface area contributed by atoms with E-state index in [1.165, 1.54) is 11.3 Å². The average molecular weight is 502 g/mol. The number of carbonyl (C=O) groups excluding carboxylic acids is 1. The van der Waals surface area contributed by atoms with Gasteiger partial charge in [-0.1, -0.05) is 6.42 Å². The summed E-state index contributed by atoms with van der Waals surface area (Å²) in [5.74, 6) is -0.301. The molecule has 0 radical (unpaired) electrons. The van der Waals surface area contributed by atoms with E-state index in [0.717, 1.165) is 55.0 Å². The molecule has 2 N–H and O–H groups in total. The van der Waals surface area contributed by atoms with Crippen LogP contribution in [0, 0.1) is 0 Å². The predicted molar refractivity (Wildman–Crippen MR) is 136 cm³/mol. The zero-order valence-electron chi connectivity index (χ0n) is 19.0. The van der Waals surface area contributed by atoms with Crippen LogP contribution in [0.1, 0.15) is 47.0 Å². The SMILES string of the molecule is CCOC(=O)c1c(NC(=S)Nc2ccc(N3CCOCC3)c3nonc23)sc2c1CCCCC2. The molecule has 1 aliphatic carbocycles. The van der Waals surface area contributed by atoms with Crippen molar-refractivity contribution in [1.29, 1.82) is 0 Å². The Hall–Kier alpha value is -2.76. The number of carbonyl (C=O) groups is 1. The quantitative estimate of drug-likeness (QED) is 0.298. The first-order valence-corrected chi connectivity index (χ1v) is 12.9. The highest BCUT2D eigenvalue weighted by Gasteiger charge is 2.26. The maximum atomic E-state index is 12.8. The second kappa shape index (κ2) is 10.2. The molecule has 2 aliphatic rings. The Morgan fingerprint density at radius 1 is 1.15 bits per heavy atom. The summed E-state index contributed by atoms with van der Waals surface area (Å²) in [5.41, 5.74) is 4.62. The lowest BCUT2D eigenvalue weighted by Gasteiger charge is -2.28. The van der Waals surface area contributed by atoms with Gasteiger partial charge in [0.15, 0.2) is 16.1 Å². The predicted octanol–water partition coefficient (Wildman–Crippen LogP) is 4.38. The molecule has 2 aromatic heterocycles. The first-order chi connectivity index (χ1) is 16.7. The van der Waals surface area contributed by atoms with Crippen LogP contribution in [0.2, 0.25) is 0 Å².